The lowest BCUT2D eigenvalue weighted by molar-refractivity contribution is -0.211. The van der Waals surface area contributed by atoms with Gasteiger partial charge in [0, 0.05) is 5.88 Å². The Morgan fingerprint density at radius 1 is 1.58 bits per heavy atom. The smallest absolute Gasteiger partial charge is 0.365 e. The van der Waals surface area contributed by atoms with Crippen molar-refractivity contribution in [1.29, 1.82) is 0 Å². The first-order chi connectivity index (χ1) is 5.38. The summed E-state index contributed by atoms with van der Waals surface area (Å²) >= 11 is 5.29. The zero-order valence-corrected chi connectivity index (χ0v) is 7.37. The molecule has 0 radical (unpaired) electrons. The van der Waals surface area contributed by atoms with Gasteiger partial charge in [-0.15, -0.1) is 11.6 Å². The van der Waals surface area contributed by atoms with E-state index in [1.807, 2.05) is 0 Å². The van der Waals surface area contributed by atoms with Gasteiger partial charge in [-0.05, 0) is 12.5 Å². The first-order valence-corrected chi connectivity index (χ1v) is 3.82. The minimum atomic E-state index is -4.31. The van der Waals surface area contributed by atoms with Crippen molar-refractivity contribution in [3.8, 4) is 0 Å². The van der Waals surface area contributed by atoms with E-state index in [0.29, 0.717) is 5.57 Å². The summed E-state index contributed by atoms with van der Waals surface area (Å²) in [5, 5.41) is 0. The Hall–Kier alpha value is -0.220. The Morgan fingerprint density at radius 3 is 2.42 bits per heavy atom. The third-order valence-electron chi connectivity index (χ3n) is 1.19. The molecule has 1 nitrogen and oxygen atoms in total. The molecule has 0 aliphatic rings. The Kier molecular flexibility index (Phi) is 4.63. The van der Waals surface area contributed by atoms with Gasteiger partial charge in [-0.25, -0.2) is 0 Å². The van der Waals surface area contributed by atoms with E-state index in [1.54, 1.807) is 0 Å². The van der Waals surface area contributed by atoms with E-state index in [2.05, 4.69) is 11.3 Å². The van der Waals surface area contributed by atoms with Crippen LogP contribution in [0.5, 0.6) is 0 Å². The van der Waals surface area contributed by atoms with Crippen molar-refractivity contribution in [2.75, 3.05) is 12.5 Å². The summed E-state index contributed by atoms with van der Waals surface area (Å²) in [7, 11) is 0. The third-order valence-corrected chi connectivity index (χ3v) is 1.57. The molecule has 5 heteroatoms. The van der Waals surface area contributed by atoms with Crippen LogP contribution in [0, 0.1) is 0 Å². The fourth-order valence-electron chi connectivity index (χ4n) is 0.376. The molecule has 1 atom stereocenters. The molecular weight excluding hydrogens is 193 g/mol. The van der Waals surface area contributed by atoms with Crippen LogP contribution in [-0.2, 0) is 4.74 Å². The maximum absolute atomic E-state index is 11.8. The average molecular weight is 203 g/mol. The summed E-state index contributed by atoms with van der Waals surface area (Å²) in [6.45, 7) is 4.20. The van der Waals surface area contributed by atoms with Gasteiger partial charge in [0.15, 0.2) is 6.10 Å². The van der Waals surface area contributed by atoms with Gasteiger partial charge < -0.3 is 4.74 Å². The van der Waals surface area contributed by atoms with Gasteiger partial charge in [-0.2, -0.15) is 13.2 Å². The van der Waals surface area contributed by atoms with E-state index >= 15 is 0 Å². The van der Waals surface area contributed by atoms with Crippen molar-refractivity contribution < 1.29 is 17.9 Å². The monoisotopic (exact) mass is 202 g/mol. The third kappa shape index (κ3) is 4.62. The summed E-state index contributed by atoms with van der Waals surface area (Å²) in [6.07, 6.45) is -6.08. The topological polar surface area (TPSA) is 9.23 Å². The lowest BCUT2D eigenvalue weighted by Gasteiger charge is -2.16. The van der Waals surface area contributed by atoms with E-state index < -0.39 is 12.3 Å². The predicted octanol–water partition coefficient (Wildman–Crippen LogP) is 2.75. The summed E-state index contributed by atoms with van der Waals surface area (Å²) in [4.78, 5) is 0. The maximum atomic E-state index is 11.8. The standard InChI is InChI=1S/C7H10ClF3O/c1-5(3-8)4-12-6(2)7(9,10)11/h6H,1,3-4H2,2H3. The van der Waals surface area contributed by atoms with E-state index in [4.69, 9.17) is 11.6 Å². The molecule has 1 unspecified atom stereocenters. The van der Waals surface area contributed by atoms with Crippen LogP contribution in [-0.4, -0.2) is 24.8 Å². The lowest BCUT2D eigenvalue weighted by Crippen LogP contribution is -2.29. The second-order valence-electron chi connectivity index (χ2n) is 2.38. The van der Waals surface area contributed by atoms with E-state index in [9.17, 15) is 13.2 Å². The Labute approximate surface area is 74.2 Å². The van der Waals surface area contributed by atoms with E-state index in [0.717, 1.165) is 6.92 Å². The molecule has 0 fully saturated rings. The molecule has 0 amide bonds. The molecular formula is C7H10ClF3O. The zero-order valence-electron chi connectivity index (χ0n) is 6.62. The van der Waals surface area contributed by atoms with Gasteiger partial charge in [-0.3, -0.25) is 0 Å². The van der Waals surface area contributed by atoms with Gasteiger partial charge in [0.05, 0.1) is 6.61 Å². The summed E-state index contributed by atoms with van der Waals surface area (Å²) < 4.78 is 39.9. The van der Waals surface area contributed by atoms with E-state index in [-0.39, 0.29) is 12.5 Å². The van der Waals surface area contributed by atoms with Gasteiger partial charge in [-0.1, -0.05) is 6.58 Å². The van der Waals surface area contributed by atoms with Crippen LogP contribution in [0.25, 0.3) is 0 Å². The molecule has 0 heterocycles. The Balaban J connectivity index is 3.72. The van der Waals surface area contributed by atoms with Crippen molar-refractivity contribution in [1.82, 2.24) is 0 Å². The highest BCUT2D eigenvalue weighted by Gasteiger charge is 2.36. The molecule has 72 valence electrons. The summed E-state index contributed by atoms with van der Waals surface area (Å²) in [6, 6.07) is 0. The second-order valence-corrected chi connectivity index (χ2v) is 2.65. The molecule has 0 spiro atoms. The van der Waals surface area contributed by atoms with Crippen LogP contribution in [0.2, 0.25) is 0 Å². The molecule has 0 N–H and O–H groups in total. The number of hydrogen-bond acceptors (Lipinski definition) is 1. The molecule has 0 aromatic carbocycles. The van der Waals surface area contributed by atoms with Crippen LogP contribution < -0.4 is 0 Å². The summed E-state index contributed by atoms with van der Waals surface area (Å²) in [5.41, 5.74) is 0.438. The number of halogens is 4. The average Bonchev–Trinajstić information content (AvgIpc) is 1.97. The van der Waals surface area contributed by atoms with Gasteiger partial charge in [0.25, 0.3) is 0 Å². The maximum Gasteiger partial charge on any atom is 0.414 e. The zero-order chi connectivity index (χ0) is 9.78. The predicted molar refractivity (Wildman–Crippen MR) is 41.3 cm³/mol. The SMILES string of the molecule is C=C(CCl)COC(C)C(F)(F)F. The lowest BCUT2D eigenvalue weighted by atomic mass is 10.3. The molecule has 0 rings (SSSR count). The first-order valence-electron chi connectivity index (χ1n) is 3.29. The second kappa shape index (κ2) is 4.72. The van der Waals surface area contributed by atoms with Crippen molar-refractivity contribution in [3.63, 3.8) is 0 Å². The fourth-order valence-corrected chi connectivity index (χ4v) is 0.453. The van der Waals surface area contributed by atoms with E-state index in [1.165, 1.54) is 0 Å². The minimum absolute atomic E-state index is 0.116. The number of rotatable bonds is 4. The van der Waals surface area contributed by atoms with Gasteiger partial charge in [0.1, 0.15) is 0 Å². The van der Waals surface area contributed by atoms with Gasteiger partial charge >= 0.3 is 6.18 Å². The van der Waals surface area contributed by atoms with Crippen molar-refractivity contribution >= 4 is 11.6 Å². The van der Waals surface area contributed by atoms with Crippen LogP contribution in [0.15, 0.2) is 12.2 Å². The van der Waals surface area contributed by atoms with Crippen LogP contribution >= 0.6 is 11.6 Å². The molecule has 0 saturated carbocycles. The number of hydrogen-bond donors (Lipinski definition) is 0. The highest BCUT2D eigenvalue weighted by molar-refractivity contribution is 6.19. The van der Waals surface area contributed by atoms with Crippen LogP contribution in [0.4, 0.5) is 13.2 Å². The largest absolute Gasteiger partial charge is 0.414 e. The van der Waals surface area contributed by atoms with Crippen molar-refractivity contribution in [2.45, 2.75) is 19.2 Å². The molecule has 12 heavy (non-hydrogen) atoms. The van der Waals surface area contributed by atoms with Gasteiger partial charge in [0.2, 0.25) is 0 Å². The molecule has 0 aliphatic carbocycles. The highest BCUT2D eigenvalue weighted by Crippen LogP contribution is 2.22. The van der Waals surface area contributed by atoms with Crippen molar-refractivity contribution in [3.05, 3.63) is 12.2 Å². The summed E-state index contributed by atoms with van der Waals surface area (Å²) in [5.74, 6) is 0.116. The highest BCUT2D eigenvalue weighted by atomic mass is 35.5. The van der Waals surface area contributed by atoms with Crippen LogP contribution in [0.1, 0.15) is 6.92 Å². The Morgan fingerprint density at radius 2 is 2.08 bits per heavy atom. The molecule has 0 aromatic rings. The number of ether oxygens (including phenoxy) is 1. The normalized spacial score (nSPS) is 14.4. The van der Waals surface area contributed by atoms with Crippen molar-refractivity contribution in [2.24, 2.45) is 0 Å². The molecule has 0 aliphatic heterocycles. The fraction of sp³-hybridized carbons (Fsp3) is 0.714. The minimum Gasteiger partial charge on any atom is -0.365 e. The van der Waals surface area contributed by atoms with Crippen LogP contribution in [0.3, 0.4) is 0 Å². The molecule has 0 saturated heterocycles. The first kappa shape index (κ1) is 11.8. The number of alkyl halides is 4. The molecule has 0 aromatic heterocycles. The quantitative estimate of drug-likeness (QED) is 0.503. The molecule has 0 bridgehead atoms. The Bertz CT molecular complexity index is 155.